The Labute approximate surface area is 111 Å². The van der Waals surface area contributed by atoms with E-state index in [0.717, 1.165) is 13.0 Å². The summed E-state index contributed by atoms with van der Waals surface area (Å²) in [5, 5.41) is 0. The average molecular weight is 275 g/mol. The van der Waals surface area contributed by atoms with Crippen LogP contribution < -0.4 is 0 Å². The molecule has 0 N–H and O–H groups in total. The SMILES string of the molecule is COC(C)CS(=O)(=O)N1CCCC2(CCCC2)C1. The molecule has 2 aliphatic rings. The number of hydrogen-bond acceptors (Lipinski definition) is 3. The molecule has 0 aromatic rings. The molecular weight excluding hydrogens is 250 g/mol. The van der Waals surface area contributed by atoms with E-state index in [9.17, 15) is 8.42 Å². The van der Waals surface area contributed by atoms with Crippen molar-refractivity contribution >= 4 is 10.0 Å². The summed E-state index contributed by atoms with van der Waals surface area (Å²) < 4.78 is 31.5. The fourth-order valence-electron chi connectivity index (χ4n) is 3.40. The van der Waals surface area contributed by atoms with Gasteiger partial charge >= 0.3 is 0 Å². The molecular formula is C13H25NO3S. The minimum absolute atomic E-state index is 0.111. The van der Waals surface area contributed by atoms with E-state index in [1.807, 2.05) is 6.92 Å². The molecule has 0 radical (unpaired) electrons. The Balaban J connectivity index is 2.04. The lowest BCUT2D eigenvalue weighted by atomic mass is 9.79. The van der Waals surface area contributed by atoms with Gasteiger partial charge in [-0.05, 0) is 38.0 Å². The predicted octanol–water partition coefficient (Wildman–Crippen LogP) is 2.01. The van der Waals surface area contributed by atoms with E-state index in [-0.39, 0.29) is 11.9 Å². The van der Waals surface area contributed by atoms with Crippen molar-refractivity contribution in [3.63, 3.8) is 0 Å². The molecule has 106 valence electrons. The smallest absolute Gasteiger partial charge is 0.216 e. The molecule has 1 aliphatic heterocycles. The summed E-state index contributed by atoms with van der Waals surface area (Å²) in [5.74, 6) is 0.111. The third kappa shape index (κ3) is 3.06. The summed E-state index contributed by atoms with van der Waals surface area (Å²) in [6, 6.07) is 0. The first-order valence-corrected chi connectivity index (χ1v) is 8.59. The Bertz CT molecular complexity index is 374. The molecule has 2 fully saturated rings. The molecule has 0 aromatic heterocycles. The highest BCUT2D eigenvalue weighted by atomic mass is 32.2. The van der Waals surface area contributed by atoms with E-state index in [0.29, 0.717) is 12.0 Å². The molecule has 5 heteroatoms. The van der Waals surface area contributed by atoms with Gasteiger partial charge in [0.1, 0.15) is 0 Å². The molecule has 0 amide bonds. The van der Waals surface area contributed by atoms with Crippen LogP contribution in [0.15, 0.2) is 0 Å². The van der Waals surface area contributed by atoms with Gasteiger partial charge in [0.05, 0.1) is 11.9 Å². The average Bonchev–Trinajstić information content (AvgIpc) is 2.76. The summed E-state index contributed by atoms with van der Waals surface area (Å²) >= 11 is 0. The number of piperidine rings is 1. The second kappa shape index (κ2) is 5.47. The number of nitrogens with zero attached hydrogens (tertiary/aromatic N) is 1. The number of sulfonamides is 1. The molecule has 18 heavy (non-hydrogen) atoms. The van der Waals surface area contributed by atoms with Crippen LogP contribution in [-0.4, -0.2) is 44.8 Å². The minimum atomic E-state index is -3.15. The largest absolute Gasteiger partial charge is 0.381 e. The van der Waals surface area contributed by atoms with Gasteiger partial charge in [-0.3, -0.25) is 0 Å². The highest BCUT2D eigenvalue weighted by Crippen LogP contribution is 2.45. The van der Waals surface area contributed by atoms with Gasteiger partial charge in [-0.2, -0.15) is 0 Å². The zero-order valence-corrected chi connectivity index (χ0v) is 12.3. The van der Waals surface area contributed by atoms with E-state index in [4.69, 9.17) is 4.74 Å². The van der Waals surface area contributed by atoms with E-state index in [1.54, 1.807) is 11.4 Å². The number of rotatable bonds is 4. The van der Waals surface area contributed by atoms with Gasteiger partial charge in [0.15, 0.2) is 0 Å². The second-order valence-corrected chi connectivity index (χ2v) is 7.98. The molecule has 1 saturated heterocycles. The molecule has 1 unspecified atom stereocenters. The van der Waals surface area contributed by atoms with E-state index in [2.05, 4.69) is 0 Å². The quantitative estimate of drug-likeness (QED) is 0.788. The molecule has 1 spiro atoms. The van der Waals surface area contributed by atoms with Crippen molar-refractivity contribution in [2.75, 3.05) is 26.0 Å². The van der Waals surface area contributed by atoms with Gasteiger partial charge in [0, 0.05) is 20.2 Å². The van der Waals surface area contributed by atoms with Gasteiger partial charge in [-0.1, -0.05) is 12.8 Å². The normalized spacial score (nSPS) is 26.6. The van der Waals surface area contributed by atoms with Crippen LogP contribution in [-0.2, 0) is 14.8 Å². The molecule has 1 saturated carbocycles. The Hall–Kier alpha value is -0.130. The van der Waals surface area contributed by atoms with Gasteiger partial charge in [0.25, 0.3) is 0 Å². The Morgan fingerprint density at radius 2 is 1.83 bits per heavy atom. The molecule has 0 bridgehead atoms. The first-order chi connectivity index (χ1) is 8.47. The Morgan fingerprint density at radius 3 is 2.44 bits per heavy atom. The van der Waals surface area contributed by atoms with Crippen molar-refractivity contribution in [3.05, 3.63) is 0 Å². The number of methoxy groups -OCH3 is 1. The standard InChI is InChI=1S/C13H25NO3S/c1-12(17-2)10-18(15,16)14-9-5-8-13(11-14)6-3-4-7-13/h12H,3-11H2,1-2H3. The monoisotopic (exact) mass is 275 g/mol. The molecule has 1 aliphatic carbocycles. The third-order valence-corrected chi connectivity index (χ3v) is 6.52. The zero-order valence-electron chi connectivity index (χ0n) is 11.5. The minimum Gasteiger partial charge on any atom is -0.381 e. The lowest BCUT2D eigenvalue weighted by molar-refractivity contribution is 0.128. The van der Waals surface area contributed by atoms with Crippen molar-refractivity contribution in [2.45, 2.75) is 51.6 Å². The van der Waals surface area contributed by atoms with Crippen LogP contribution in [0.3, 0.4) is 0 Å². The highest BCUT2D eigenvalue weighted by Gasteiger charge is 2.41. The van der Waals surface area contributed by atoms with Crippen LogP contribution in [0.2, 0.25) is 0 Å². The van der Waals surface area contributed by atoms with Crippen molar-refractivity contribution in [1.29, 1.82) is 0 Å². The number of ether oxygens (including phenoxy) is 1. The maximum atomic E-state index is 12.3. The van der Waals surface area contributed by atoms with Crippen molar-refractivity contribution in [2.24, 2.45) is 5.41 Å². The van der Waals surface area contributed by atoms with Crippen molar-refractivity contribution in [3.8, 4) is 0 Å². The number of hydrogen-bond donors (Lipinski definition) is 0. The third-order valence-electron chi connectivity index (χ3n) is 4.53. The summed E-state index contributed by atoms with van der Waals surface area (Å²) in [6.07, 6.45) is 6.94. The summed E-state index contributed by atoms with van der Waals surface area (Å²) in [4.78, 5) is 0. The molecule has 1 atom stereocenters. The van der Waals surface area contributed by atoms with Gasteiger partial charge in [-0.15, -0.1) is 0 Å². The molecule has 1 heterocycles. The topological polar surface area (TPSA) is 46.6 Å². The van der Waals surface area contributed by atoms with Crippen LogP contribution in [0.4, 0.5) is 0 Å². The zero-order chi connectivity index (χ0) is 13.2. The van der Waals surface area contributed by atoms with Crippen LogP contribution in [0, 0.1) is 5.41 Å². The Kier molecular flexibility index (Phi) is 4.34. The fourth-order valence-corrected chi connectivity index (χ4v) is 5.22. The second-order valence-electron chi connectivity index (χ2n) is 5.97. The van der Waals surface area contributed by atoms with E-state index < -0.39 is 10.0 Å². The van der Waals surface area contributed by atoms with Crippen LogP contribution >= 0.6 is 0 Å². The van der Waals surface area contributed by atoms with Gasteiger partial charge in [-0.25, -0.2) is 12.7 Å². The highest BCUT2D eigenvalue weighted by molar-refractivity contribution is 7.89. The maximum Gasteiger partial charge on any atom is 0.216 e. The molecule has 2 rings (SSSR count). The first-order valence-electron chi connectivity index (χ1n) is 6.98. The van der Waals surface area contributed by atoms with Gasteiger partial charge in [0.2, 0.25) is 10.0 Å². The summed E-state index contributed by atoms with van der Waals surface area (Å²) in [6.45, 7) is 3.25. The van der Waals surface area contributed by atoms with Crippen molar-refractivity contribution in [1.82, 2.24) is 4.31 Å². The van der Waals surface area contributed by atoms with Crippen LogP contribution in [0.5, 0.6) is 0 Å². The van der Waals surface area contributed by atoms with E-state index in [1.165, 1.54) is 32.1 Å². The Morgan fingerprint density at radius 1 is 1.22 bits per heavy atom. The maximum absolute atomic E-state index is 12.3. The molecule has 4 nitrogen and oxygen atoms in total. The van der Waals surface area contributed by atoms with Crippen LogP contribution in [0.25, 0.3) is 0 Å². The van der Waals surface area contributed by atoms with Gasteiger partial charge < -0.3 is 4.74 Å². The fraction of sp³-hybridized carbons (Fsp3) is 1.00. The van der Waals surface area contributed by atoms with Crippen LogP contribution in [0.1, 0.15) is 45.4 Å². The summed E-state index contributed by atoms with van der Waals surface area (Å²) in [7, 11) is -1.59. The molecule has 0 aromatic carbocycles. The lowest BCUT2D eigenvalue weighted by Gasteiger charge is -2.40. The first kappa shape index (κ1) is 14.3. The predicted molar refractivity (Wildman–Crippen MR) is 72.0 cm³/mol. The lowest BCUT2D eigenvalue weighted by Crippen LogP contribution is -2.47. The van der Waals surface area contributed by atoms with Crippen molar-refractivity contribution < 1.29 is 13.2 Å². The van der Waals surface area contributed by atoms with E-state index >= 15 is 0 Å². The summed E-state index contributed by atoms with van der Waals surface area (Å²) in [5.41, 5.74) is 0.293.